The molecular weight excluding hydrogens is 322 g/mol. The summed E-state index contributed by atoms with van der Waals surface area (Å²) in [5, 5.41) is 0. The highest BCUT2D eigenvalue weighted by molar-refractivity contribution is 7.91. The molecule has 0 aromatic heterocycles. The Balaban J connectivity index is 2.19. The molecule has 0 spiro atoms. The van der Waals surface area contributed by atoms with Crippen LogP contribution in [-0.2, 0) is 19.9 Å². The van der Waals surface area contributed by atoms with Crippen molar-refractivity contribution in [2.24, 2.45) is 5.92 Å². The van der Waals surface area contributed by atoms with E-state index in [2.05, 4.69) is 0 Å². The topological polar surface area (TPSA) is 71.5 Å². The molecule has 1 unspecified atom stereocenters. The van der Waals surface area contributed by atoms with E-state index >= 15 is 0 Å². The van der Waals surface area contributed by atoms with Crippen LogP contribution >= 0.6 is 0 Å². The fraction of sp³-hybridized carbons (Fsp3) is 0.600. The minimum absolute atomic E-state index is 0.0250. The minimum atomic E-state index is -3.47. The minimum Gasteiger partial charge on any atom is -0.224 e. The first-order chi connectivity index (χ1) is 10.2. The fourth-order valence-electron chi connectivity index (χ4n) is 2.84. The summed E-state index contributed by atoms with van der Waals surface area (Å²) in [7, 11) is -6.87. The molecule has 0 bridgehead atoms. The highest BCUT2D eigenvalue weighted by Crippen LogP contribution is 2.25. The second kappa shape index (κ2) is 6.68. The number of hydrogen-bond acceptors (Lipinski definition) is 4. The van der Waals surface area contributed by atoms with E-state index in [1.807, 2.05) is 13.8 Å². The zero-order chi connectivity index (χ0) is 16.4. The van der Waals surface area contributed by atoms with Crippen molar-refractivity contribution in [2.75, 3.05) is 18.1 Å². The molecule has 1 atom stereocenters. The third-order valence-corrected chi connectivity index (χ3v) is 7.84. The van der Waals surface area contributed by atoms with Crippen molar-refractivity contribution < 1.29 is 16.8 Å². The van der Waals surface area contributed by atoms with Gasteiger partial charge < -0.3 is 0 Å². The van der Waals surface area contributed by atoms with Crippen LogP contribution in [0.5, 0.6) is 0 Å². The number of benzene rings is 1. The van der Waals surface area contributed by atoms with Gasteiger partial charge in [-0.2, -0.15) is 4.31 Å². The van der Waals surface area contributed by atoms with Crippen LogP contribution in [0.1, 0.15) is 26.7 Å². The molecule has 2 rings (SSSR count). The first kappa shape index (κ1) is 17.4. The predicted octanol–water partition coefficient (Wildman–Crippen LogP) is 1.91. The predicted molar refractivity (Wildman–Crippen MR) is 86.8 cm³/mol. The van der Waals surface area contributed by atoms with E-state index in [0.717, 1.165) is 0 Å². The van der Waals surface area contributed by atoms with Crippen LogP contribution in [0.15, 0.2) is 35.2 Å². The second-order valence-corrected chi connectivity index (χ2v) is 10.2. The summed E-state index contributed by atoms with van der Waals surface area (Å²) in [6.07, 6.45) is 1.32. The summed E-state index contributed by atoms with van der Waals surface area (Å²) in [5.74, 6) is -0.0552. The zero-order valence-electron chi connectivity index (χ0n) is 13.0. The molecule has 1 aliphatic rings. The van der Waals surface area contributed by atoms with Gasteiger partial charge >= 0.3 is 0 Å². The van der Waals surface area contributed by atoms with Gasteiger partial charge in [0.15, 0.2) is 9.84 Å². The van der Waals surface area contributed by atoms with Gasteiger partial charge in [0, 0.05) is 12.6 Å². The summed E-state index contributed by atoms with van der Waals surface area (Å²) in [6, 6.07) is 7.76. The molecule has 1 fully saturated rings. The van der Waals surface area contributed by atoms with Crippen LogP contribution in [-0.4, -0.2) is 45.2 Å². The average molecular weight is 345 g/mol. The summed E-state index contributed by atoms with van der Waals surface area (Å²) >= 11 is 0. The third kappa shape index (κ3) is 4.08. The Hall–Kier alpha value is -0.920. The van der Waals surface area contributed by atoms with Gasteiger partial charge in [0.25, 0.3) is 0 Å². The summed E-state index contributed by atoms with van der Waals surface area (Å²) in [5.41, 5.74) is 0. The molecule has 0 N–H and O–H groups in total. The lowest BCUT2D eigenvalue weighted by atomic mass is 10.3. The third-order valence-electron chi connectivity index (χ3n) is 3.74. The van der Waals surface area contributed by atoms with E-state index in [1.54, 1.807) is 30.3 Å². The second-order valence-electron chi connectivity index (χ2n) is 6.17. The van der Waals surface area contributed by atoms with Gasteiger partial charge in [-0.15, -0.1) is 0 Å². The van der Waals surface area contributed by atoms with Crippen LogP contribution in [0.4, 0.5) is 0 Å². The van der Waals surface area contributed by atoms with E-state index in [-0.39, 0.29) is 22.3 Å². The number of sulfone groups is 1. The van der Waals surface area contributed by atoms with Crippen molar-refractivity contribution in [1.82, 2.24) is 4.31 Å². The Kier molecular flexibility index (Phi) is 5.29. The molecule has 1 aromatic carbocycles. The highest BCUT2D eigenvalue weighted by Gasteiger charge is 2.37. The highest BCUT2D eigenvalue weighted by atomic mass is 32.2. The molecule has 1 saturated heterocycles. The van der Waals surface area contributed by atoms with Crippen molar-refractivity contribution >= 4 is 19.9 Å². The number of rotatable bonds is 6. The van der Waals surface area contributed by atoms with E-state index < -0.39 is 25.9 Å². The Labute approximate surface area is 133 Å². The Morgan fingerprint density at radius 3 is 2.36 bits per heavy atom. The average Bonchev–Trinajstić information content (AvgIpc) is 2.86. The van der Waals surface area contributed by atoms with Gasteiger partial charge in [0.2, 0.25) is 10.0 Å². The zero-order valence-corrected chi connectivity index (χ0v) is 14.6. The molecule has 0 radical (unpaired) electrons. The molecule has 5 nitrogen and oxygen atoms in total. The molecule has 0 aliphatic carbocycles. The van der Waals surface area contributed by atoms with E-state index in [1.165, 1.54) is 4.31 Å². The number of sulfonamides is 1. The van der Waals surface area contributed by atoms with Crippen LogP contribution < -0.4 is 0 Å². The molecule has 1 aliphatic heterocycles. The van der Waals surface area contributed by atoms with E-state index in [0.29, 0.717) is 19.4 Å². The Bertz CT molecular complexity index is 696. The summed E-state index contributed by atoms with van der Waals surface area (Å²) in [6.45, 7) is 4.12. The molecule has 22 heavy (non-hydrogen) atoms. The molecule has 1 heterocycles. The largest absolute Gasteiger partial charge is 0.224 e. The van der Waals surface area contributed by atoms with Crippen molar-refractivity contribution in [3.63, 3.8) is 0 Å². The van der Waals surface area contributed by atoms with Crippen LogP contribution in [0.3, 0.4) is 0 Å². The molecule has 0 saturated carbocycles. The molecule has 0 amide bonds. The quantitative estimate of drug-likeness (QED) is 0.789. The number of hydrogen-bond donors (Lipinski definition) is 0. The van der Waals surface area contributed by atoms with Gasteiger partial charge in [-0.25, -0.2) is 16.8 Å². The standard InChI is InChI=1S/C15H23NO4S2/c1-13(2)11-22(19,20)16-10-6-7-14(16)12-21(17,18)15-8-4-3-5-9-15/h3-5,8-9,13-14H,6-7,10-12H2,1-2H3. The van der Waals surface area contributed by atoms with Crippen molar-refractivity contribution in [2.45, 2.75) is 37.6 Å². The smallest absolute Gasteiger partial charge is 0.214 e. The molecular formula is C15H23NO4S2. The van der Waals surface area contributed by atoms with Crippen LogP contribution in [0, 0.1) is 5.92 Å². The molecule has 124 valence electrons. The molecule has 1 aromatic rings. The maximum absolute atomic E-state index is 12.5. The van der Waals surface area contributed by atoms with E-state index in [4.69, 9.17) is 0 Å². The van der Waals surface area contributed by atoms with Gasteiger partial charge in [-0.1, -0.05) is 32.0 Å². The van der Waals surface area contributed by atoms with Crippen molar-refractivity contribution in [1.29, 1.82) is 0 Å². The molecule has 7 heteroatoms. The Morgan fingerprint density at radius 2 is 1.77 bits per heavy atom. The fourth-order valence-corrected chi connectivity index (χ4v) is 6.62. The lowest BCUT2D eigenvalue weighted by molar-refractivity contribution is 0.404. The maximum atomic E-state index is 12.5. The maximum Gasteiger partial charge on any atom is 0.214 e. The first-order valence-corrected chi connectivity index (χ1v) is 10.8. The van der Waals surface area contributed by atoms with Gasteiger partial charge in [-0.05, 0) is 30.9 Å². The number of nitrogens with zero attached hydrogens (tertiary/aromatic N) is 1. The lowest BCUT2D eigenvalue weighted by Crippen LogP contribution is -2.41. The normalized spacial score (nSPS) is 20.6. The summed E-state index contributed by atoms with van der Waals surface area (Å²) < 4.78 is 51.1. The van der Waals surface area contributed by atoms with Crippen molar-refractivity contribution in [3.8, 4) is 0 Å². The monoisotopic (exact) mass is 345 g/mol. The van der Waals surface area contributed by atoms with Crippen LogP contribution in [0.25, 0.3) is 0 Å². The van der Waals surface area contributed by atoms with Gasteiger partial charge in [0.1, 0.15) is 0 Å². The summed E-state index contributed by atoms with van der Waals surface area (Å²) in [4.78, 5) is 0.253. The first-order valence-electron chi connectivity index (χ1n) is 7.50. The Morgan fingerprint density at radius 1 is 1.14 bits per heavy atom. The lowest BCUT2D eigenvalue weighted by Gasteiger charge is -2.24. The van der Waals surface area contributed by atoms with Gasteiger partial charge in [-0.3, -0.25) is 0 Å². The van der Waals surface area contributed by atoms with E-state index in [9.17, 15) is 16.8 Å². The van der Waals surface area contributed by atoms with Gasteiger partial charge in [0.05, 0.1) is 16.4 Å². The van der Waals surface area contributed by atoms with Crippen LogP contribution in [0.2, 0.25) is 0 Å². The van der Waals surface area contributed by atoms with Crippen molar-refractivity contribution in [3.05, 3.63) is 30.3 Å². The SMILES string of the molecule is CC(C)CS(=O)(=O)N1CCCC1CS(=O)(=O)c1ccccc1.